The van der Waals surface area contributed by atoms with Gasteiger partial charge < -0.3 is 16.4 Å². The molecule has 1 heterocycles. The van der Waals surface area contributed by atoms with Crippen LogP contribution in [0.2, 0.25) is 0 Å². The minimum atomic E-state index is -0.164. The van der Waals surface area contributed by atoms with Gasteiger partial charge in [-0.15, -0.1) is 0 Å². The average Bonchev–Trinajstić information content (AvgIpc) is 2.39. The smallest absolute Gasteiger partial charge is 0.0430 e. The molecule has 1 fully saturated rings. The van der Waals surface area contributed by atoms with Crippen LogP contribution in [0.1, 0.15) is 18.9 Å². The van der Waals surface area contributed by atoms with Gasteiger partial charge in [-0.05, 0) is 36.2 Å². The summed E-state index contributed by atoms with van der Waals surface area (Å²) in [5.74, 6) is 0.586. The summed E-state index contributed by atoms with van der Waals surface area (Å²) < 4.78 is 0. The Hall–Kier alpha value is -1.58. The lowest BCUT2D eigenvalue weighted by molar-refractivity contribution is 0.0645. The standard InChI is InChI=1S/C17H23N3/c1-2-20-11-15(12-20)17(19)9-7-14(8-10-17)13-3-5-16(18)6-4-13/h3-9,15H,2,10-12,18-19H2,1H3. The Morgan fingerprint density at radius 2 is 1.95 bits per heavy atom. The molecule has 0 amide bonds. The predicted molar refractivity (Wildman–Crippen MR) is 85.1 cm³/mol. The van der Waals surface area contributed by atoms with E-state index in [4.69, 9.17) is 11.5 Å². The highest BCUT2D eigenvalue weighted by atomic mass is 15.2. The number of hydrogen-bond acceptors (Lipinski definition) is 3. The molecule has 0 saturated carbocycles. The van der Waals surface area contributed by atoms with Gasteiger partial charge in [-0.25, -0.2) is 0 Å². The van der Waals surface area contributed by atoms with Gasteiger partial charge in [-0.3, -0.25) is 0 Å². The zero-order chi connectivity index (χ0) is 14.2. The number of anilines is 1. The molecule has 0 aromatic heterocycles. The molecule has 1 aromatic rings. The Kier molecular flexibility index (Phi) is 3.40. The Bertz CT molecular complexity index is 538. The first kappa shape index (κ1) is 13.4. The molecule has 106 valence electrons. The molecule has 1 aromatic carbocycles. The van der Waals surface area contributed by atoms with Crippen molar-refractivity contribution in [3.05, 3.63) is 48.1 Å². The van der Waals surface area contributed by atoms with Gasteiger partial charge in [0, 0.05) is 30.2 Å². The van der Waals surface area contributed by atoms with E-state index in [1.54, 1.807) is 0 Å². The molecule has 0 radical (unpaired) electrons. The predicted octanol–water partition coefficient (Wildman–Crippen LogP) is 2.26. The summed E-state index contributed by atoms with van der Waals surface area (Å²) in [7, 11) is 0. The van der Waals surface area contributed by atoms with E-state index in [9.17, 15) is 0 Å². The Labute approximate surface area is 120 Å². The summed E-state index contributed by atoms with van der Waals surface area (Å²) in [5, 5.41) is 0. The second-order valence-electron chi connectivity index (χ2n) is 5.98. The minimum absolute atomic E-state index is 0.164. The molecule has 20 heavy (non-hydrogen) atoms. The van der Waals surface area contributed by atoms with Gasteiger partial charge in [-0.1, -0.05) is 37.3 Å². The van der Waals surface area contributed by atoms with Gasteiger partial charge in [-0.2, -0.15) is 0 Å². The summed E-state index contributed by atoms with van der Waals surface area (Å²) in [6, 6.07) is 8.02. The van der Waals surface area contributed by atoms with Gasteiger partial charge in [0.05, 0.1) is 0 Å². The number of nitrogens with zero attached hydrogens (tertiary/aromatic N) is 1. The van der Waals surface area contributed by atoms with E-state index in [0.29, 0.717) is 5.92 Å². The molecule has 3 rings (SSSR count). The maximum Gasteiger partial charge on any atom is 0.0430 e. The second-order valence-corrected chi connectivity index (χ2v) is 5.98. The second kappa shape index (κ2) is 5.08. The number of benzene rings is 1. The summed E-state index contributed by atoms with van der Waals surface area (Å²) in [6.07, 6.45) is 7.56. The van der Waals surface area contributed by atoms with Crippen LogP contribution in [0.3, 0.4) is 0 Å². The normalized spacial score (nSPS) is 27.2. The van der Waals surface area contributed by atoms with Crippen LogP contribution >= 0.6 is 0 Å². The highest BCUT2D eigenvalue weighted by molar-refractivity contribution is 5.76. The average molecular weight is 269 g/mol. The maximum absolute atomic E-state index is 6.57. The van der Waals surface area contributed by atoms with Crippen molar-refractivity contribution in [2.45, 2.75) is 18.9 Å². The maximum atomic E-state index is 6.57. The first-order chi connectivity index (χ1) is 9.60. The molecule has 0 bridgehead atoms. The van der Waals surface area contributed by atoms with Crippen molar-refractivity contribution in [3.63, 3.8) is 0 Å². The summed E-state index contributed by atoms with van der Waals surface area (Å²) in [6.45, 7) is 5.59. The van der Waals surface area contributed by atoms with Crippen LogP contribution in [0.25, 0.3) is 5.57 Å². The van der Waals surface area contributed by atoms with Gasteiger partial charge >= 0.3 is 0 Å². The molecule has 2 aliphatic rings. The summed E-state index contributed by atoms with van der Waals surface area (Å²) >= 11 is 0. The van der Waals surface area contributed by atoms with Crippen molar-refractivity contribution >= 4 is 11.3 Å². The summed E-state index contributed by atoms with van der Waals surface area (Å²) in [4.78, 5) is 2.44. The molecule has 1 saturated heterocycles. The van der Waals surface area contributed by atoms with E-state index in [-0.39, 0.29) is 5.54 Å². The van der Waals surface area contributed by atoms with E-state index in [2.05, 4.69) is 42.2 Å². The lowest BCUT2D eigenvalue weighted by Crippen LogP contribution is -2.61. The molecule has 0 spiro atoms. The Morgan fingerprint density at radius 3 is 2.50 bits per heavy atom. The van der Waals surface area contributed by atoms with Crippen LogP contribution in [-0.2, 0) is 0 Å². The van der Waals surface area contributed by atoms with Gasteiger partial charge in [0.2, 0.25) is 0 Å². The van der Waals surface area contributed by atoms with Crippen molar-refractivity contribution in [1.29, 1.82) is 0 Å². The number of rotatable bonds is 3. The monoisotopic (exact) mass is 269 g/mol. The van der Waals surface area contributed by atoms with Crippen molar-refractivity contribution in [1.82, 2.24) is 4.90 Å². The van der Waals surface area contributed by atoms with Crippen LogP contribution in [0.5, 0.6) is 0 Å². The van der Waals surface area contributed by atoms with Crippen molar-refractivity contribution < 1.29 is 0 Å². The first-order valence-electron chi connectivity index (χ1n) is 7.37. The number of nitrogens with two attached hydrogens (primary N) is 2. The molecule has 1 aliphatic carbocycles. The van der Waals surface area contributed by atoms with Crippen molar-refractivity contribution in [3.8, 4) is 0 Å². The van der Waals surface area contributed by atoms with E-state index in [1.165, 1.54) is 11.1 Å². The highest BCUT2D eigenvalue weighted by Gasteiger charge is 2.40. The number of nitrogen functional groups attached to an aromatic ring is 1. The van der Waals surface area contributed by atoms with Crippen LogP contribution in [0.4, 0.5) is 5.69 Å². The minimum Gasteiger partial charge on any atom is -0.399 e. The molecule has 3 heteroatoms. The topological polar surface area (TPSA) is 55.3 Å². The van der Waals surface area contributed by atoms with Crippen LogP contribution in [-0.4, -0.2) is 30.1 Å². The molecule has 3 nitrogen and oxygen atoms in total. The van der Waals surface area contributed by atoms with Crippen molar-refractivity contribution in [2.24, 2.45) is 11.7 Å². The Balaban J connectivity index is 1.69. The van der Waals surface area contributed by atoms with Crippen LogP contribution in [0.15, 0.2) is 42.5 Å². The lowest BCUT2D eigenvalue weighted by atomic mass is 9.74. The third-order valence-electron chi connectivity index (χ3n) is 4.66. The summed E-state index contributed by atoms with van der Waals surface area (Å²) in [5.41, 5.74) is 15.4. The Morgan fingerprint density at radius 1 is 1.25 bits per heavy atom. The fourth-order valence-corrected chi connectivity index (χ4v) is 3.03. The molecule has 1 atom stereocenters. The third kappa shape index (κ3) is 2.39. The number of hydrogen-bond donors (Lipinski definition) is 2. The molecule has 1 unspecified atom stereocenters. The zero-order valence-corrected chi connectivity index (χ0v) is 12.0. The van der Waals surface area contributed by atoms with Gasteiger partial charge in [0.25, 0.3) is 0 Å². The van der Waals surface area contributed by atoms with Crippen LogP contribution in [0, 0.1) is 5.92 Å². The van der Waals surface area contributed by atoms with Gasteiger partial charge in [0.1, 0.15) is 0 Å². The number of allylic oxidation sites excluding steroid dienone is 2. The first-order valence-corrected chi connectivity index (χ1v) is 7.37. The number of likely N-dealkylation sites (tertiary alicyclic amines) is 1. The SMILES string of the molecule is CCN1CC(C2(N)C=CC(c3ccc(N)cc3)=CC2)C1. The fraction of sp³-hybridized carbons (Fsp3) is 0.412. The lowest BCUT2D eigenvalue weighted by Gasteiger charge is -2.48. The van der Waals surface area contributed by atoms with E-state index < -0.39 is 0 Å². The third-order valence-corrected chi connectivity index (χ3v) is 4.66. The van der Waals surface area contributed by atoms with Crippen molar-refractivity contribution in [2.75, 3.05) is 25.4 Å². The zero-order valence-electron chi connectivity index (χ0n) is 12.0. The van der Waals surface area contributed by atoms with E-state index in [1.807, 2.05) is 12.1 Å². The molecule has 1 aliphatic heterocycles. The fourth-order valence-electron chi connectivity index (χ4n) is 3.03. The van der Waals surface area contributed by atoms with E-state index in [0.717, 1.165) is 31.7 Å². The molecular weight excluding hydrogens is 246 g/mol. The van der Waals surface area contributed by atoms with E-state index >= 15 is 0 Å². The molecular formula is C17H23N3. The van der Waals surface area contributed by atoms with Gasteiger partial charge in [0.15, 0.2) is 0 Å². The quantitative estimate of drug-likeness (QED) is 0.828. The highest BCUT2D eigenvalue weighted by Crippen LogP contribution is 2.34. The van der Waals surface area contributed by atoms with Crippen LogP contribution < -0.4 is 11.5 Å². The molecule has 4 N–H and O–H groups in total. The largest absolute Gasteiger partial charge is 0.399 e.